The van der Waals surface area contributed by atoms with Gasteiger partial charge < -0.3 is 20.1 Å². The maximum absolute atomic E-state index is 13.9. The van der Waals surface area contributed by atoms with Gasteiger partial charge in [0.25, 0.3) is 5.91 Å². The highest BCUT2D eigenvalue weighted by Gasteiger charge is 2.25. The van der Waals surface area contributed by atoms with Crippen LogP contribution in [0.2, 0.25) is 0 Å². The number of rotatable bonds is 2. The molecule has 1 aromatic rings. The van der Waals surface area contributed by atoms with Gasteiger partial charge in [-0.25, -0.2) is 9.18 Å². The molecule has 0 spiro atoms. The number of carbonyl (C=O) groups is 2. The molecule has 1 aromatic carbocycles. The summed E-state index contributed by atoms with van der Waals surface area (Å²) in [5, 5.41) is 4.70. The standard InChI is InChI=1S/C14H16F2N2O4/c1-14(2,3)22-13(20)17-5-7-4-8-12(11(16)10(7)15)21-6-9(19)18-8/h4H,5-6H2,1-3H3,(H,17,20)(H,18,19). The van der Waals surface area contributed by atoms with Gasteiger partial charge in [-0.2, -0.15) is 4.39 Å². The summed E-state index contributed by atoms with van der Waals surface area (Å²) in [7, 11) is 0. The molecule has 0 atom stereocenters. The minimum Gasteiger partial charge on any atom is -0.478 e. The highest BCUT2D eigenvalue weighted by atomic mass is 19.2. The molecule has 2 N–H and O–H groups in total. The topological polar surface area (TPSA) is 76.7 Å². The second-order valence-electron chi connectivity index (χ2n) is 5.73. The van der Waals surface area contributed by atoms with Crippen LogP contribution in [0.5, 0.6) is 5.75 Å². The molecule has 120 valence electrons. The van der Waals surface area contributed by atoms with E-state index in [0.29, 0.717) is 0 Å². The van der Waals surface area contributed by atoms with Gasteiger partial charge in [0.1, 0.15) is 5.60 Å². The highest BCUT2D eigenvalue weighted by Crippen LogP contribution is 2.34. The first kappa shape index (κ1) is 16.0. The zero-order valence-corrected chi connectivity index (χ0v) is 12.4. The maximum Gasteiger partial charge on any atom is 0.407 e. The van der Waals surface area contributed by atoms with Crippen molar-refractivity contribution < 1.29 is 27.8 Å². The van der Waals surface area contributed by atoms with Crippen molar-refractivity contribution in [1.29, 1.82) is 0 Å². The van der Waals surface area contributed by atoms with Crippen molar-refractivity contribution in [2.24, 2.45) is 0 Å². The van der Waals surface area contributed by atoms with Crippen LogP contribution in [0.4, 0.5) is 19.3 Å². The maximum atomic E-state index is 13.9. The monoisotopic (exact) mass is 314 g/mol. The quantitative estimate of drug-likeness (QED) is 0.878. The summed E-state index contributed by atoms with van der Waals surface area (Å²) in [6, 6.07) is 1.21. The number of ether oxygens (including phenoxy) is 2. The number of alkyl carbamates (subject to hydrolysis) is 1. The number of anilines is 1. The second kappa shape index (κ2) is 5.78. The van der Waals surface area contributed by atoms with Crippen molar-refractivity contribution in [3.05, 3.63) is 23.3 Å². The number of benzene rings is 1. The molecule has 2 rings (SSSR count). The lowest BCUT2D eigenvalue weighted by atomic mass is 10.1. The fraction of sp³-hybridized carbons (Fsp3) is 0.429. The third-order valence-corrected chi connectivity index (χ3v) is 2.68. The molecule has 1 aliphatic heterocycles. The van der Waals surface area contributed by atoms with E-state index in [-0.39, 0.29) is 30.2 Å². The molecule has 0 radical (unpaired) electrons. The highest BCUT2D eigenvalue weighted by molar-refractivity contribution is 5.95. The summed E-state index contributed by atoms with van der Waals surface area (Å²) < 4.78 is 37.6. The SMILES string of the molecule is CC(C)(C)OC(=O)NCc1cc2c(c(F)c1F)OCC(=O)N2. The molecule has 2 amide bonds. The summed E-state index contributed by atoms with van der Waals surface area (Å²) in [6.07, 6.45) is -0.759. The van der Waals surface area contributed by atoms with Gasteiger partial charge in [-0.1, -0.05) is 0 Å². The van der Waals surface area contributed by atoms with Gasteiger partial charge in [0.05, 0.1) is 5.69 Å². The van der Waals surface area contributed by atoms with E-state index >= 15 is 0 Å². The van der Waals surface area contributed by atoms with Crippen LogP contribution >= 0.6 is 0 Å². The Bertz CT molecular complexity index is 626. The van der Waals surface area contributed by atoms with Crippen LogP contribution in [0.25, 0.3) is 0 Å². The van der Waals surface area contributed by atoms with E-state index in [1.165, 1.54) is 6.07 Å². The molecule has 0 aliphatic carbocycles. The molecule has 0 fully saturated rings. The molecule has 0 saturated carbocycles. The molecule has 1 aliphatic rings. The summed E-state index contributed by atoms with van der Waals surface area (Å²) in [5.74, 6) is -3.17. The Hall–Kier alpha value is -2.38. The van der Waals surface area contributed by atoms with Gasteiger partial charge in [0.15, 0.2) is 18.2 Å². The summed E-state index contributed by atoms with van der Waals surface area (Å²) in [5.41, 5.74) is -0.810. The molecule has 0 saturated heterocycles. The van der Waals surface area contributed by atoms with Crippen molar-refractivity contribution in [1.82, 2.24) is 5.32 Å². The van der Waals surface area contributed by atoms with E-state index < -0.39 is 29.2 Å². The van der Waals surface area contributed by atoms with E-state index in [2.05, 4.69) is 10.6 Å². The lowest BCUT2D eigenvalue weighted by Crippen LogP contribution is -2.32. The fourth-order valence-corrected chi connectivity index (χ4v) is 1.83. The van der Waals surface area contributed by atoms with Crippen molar-refractivity contribution in [2.75, 3.05) is 11.9 Å². The predicted octanol–water partition coefficient (Wildman–Crippen LogP) is 2.32. The van der Waals surface area contributed by atoms with Gasteiger partial charge >= 0.3 is 6.09 Å². The van der Waals surface area contributed by atoms with E-state index in [9.17, 15) is 18.4 Å². The molecule has 0 unspecified atom stereocenters. The van der Waals surface area contributed by atoms with Crippen LogP contribution in [-0.4, -0.2) is 24.2 Å². The molecule has 6 nitrogen and oxygen atoms in total. The van der Waals surface area contributed by atoms with Crippen LogP contribution < -0.4 is 15.4 Å². The number of hydrogen-bond acceptors (Lipinski definition) is 4. The Morgan fingerprint density at radius 3 is 2.73 bits per heavy atom. The first-order valence-electron chi connectivity index (χ1n) is 6.58. The predicted molar refractivity (Wildman–Crippen MR) is 73.6 cm³/mol. The molecular formula is C14H16F2N2O4. The summed E-state index contributed by atoms with van der Waals surface area (Å²) in [4.78, 5) is 22.7. The number of hydrogen-bond donors (Lipinski definition) is 2. The third-order valence-electron chi connectivity index (χ3n) is 2.68. The van der Waals surface area contributed by atoms with E-state index in [1.54, 1.807) is 20.8 Å². The van der Waals surface area contributed by atoms with E-state index in [1.807, 2.05) is 0 Å². The molecule has 0 aromatic heterocycles. The Kier molecular flexibility index (Phi) is 4.20. The lowest BCUT2D eigenvalue weighted by molar-refractivity contribution is -0.118. The van der Waals surface area contributed by atoms with Crippen molar-refractivity contribution in [3.63, 3.8) is 0 Å². The van der Waals surface area contributed by atoms with Gasteiger partial charge in [0.2, 0.25) is 5.82 Å². The van der Waals surface area contributed by atoms with Crippen LogP contribution in [0.15, 0.2) is 6.07 Å². The van der Waals surface area contributed by atoms with Gasteiger partial charge in [-0.3, -0.25) is 4.79 Å². The van der Waals surface area contributed by atoms with E-state index in [4.69, 9.17) is 9.47 Å². The minimum atomic E-state index is -1.21. The third kappa shape index (κ3) is 3.63. The zero-order valence-electron chi connectivity index (χ0n) is 12.4. The van der Waals surface area contributed by atoms with Gasteiger partial charge in [-0.05, 0) is 26.8 Å². The Labute approximate surface area is 125 Å². The fourth-order valence-electron chi connectivity index (χ4n) is 1.83. The first-order valence-corrected chi connectivity index (χ1v) is 6.58. The lowest BCUT2D eigenvalue weighted by Gasteiger charge is -2.21. The van der Waals surface area contributed by atoms with Gasteiger partial charge in [0, 0.05) is 12.1 Å². The van der Waals surface area contributed by atoms with Crippen LogP contribution in [0.1, 0.15) is 26.3 Å². The minimum absolute atomic E-state index is 0.0242. The normalized spacial score (nSPS) is 13.8. The number of carbonyl (C=O) groups excluding carboxylic acids is 2. The Balaban J connectivity index is 2.15. The molecule has 22 heavy (non-hydrogen) atoms. The second-order valence-corrected chi connectivity index (χ2v) is 5.73. The van der Waals surface area contributed by atoms with Crippen LogP contribution in [0, 0.1) is 11.6 Å². The number of fused-ring (bicyclic) bond motifs is 1. The molecular weight excluding hydrogens is 298 g/mol. The van der Waals surface area contributed by atoms with Crippen LogP contribution in [-0.2, 0) is 16.1 Å². The number of amides is 2. The summed E-state index contributed by atoms with van der Waals surface area (Å²) in [6.45, 7) is 4.37. The Morgan fingerprint density at radius 2 is 2.09 bits per heavy atom. The molecule has 0 bridgehead atoms. The smallest absolute Gasteiger partial charge is 0.407 e. The molecule has 8 heteroatoms. The van der Waals surface area contributed by atoms with Gasteiger partial charge in [-0.15, -0.1) is 0 Å². The molecule has 1 heterocycles. The Morgan fingerprint density at radius 1 is 1.41 bits per heavy atom. The number of nitrogens with one attached hydrogen (secondary N) is 2. The average Bonchev–Trinajstić information content (AvgIpc) is 2.39. The van der Waals surface area contributed by atoms with E-state index in [0.717, 1.165) is 0 Å². The van der Waals surface area contributed by atoms with Crippen molar-refractivity contribution >= 4 is 17.7 Å². The van der Waals surface area contributed by atoms with Crippen molar-refractivity contribution in [2.45, 2.75) is 32.9 Å². The van der Waals surface area contributed by atoms with Crippen molar-refractivity contribution in [3.8, 4) is 5.75 Å². The average molecular weight is 314 g/mol. The largest absolute Gasteiger partial charge is 0.478 e. The number of halogens is 2. The first-order chi connectivity index (χ1) is 10.2. The summed E-state index contributed by atoms with van der Waals surface area (Å²) >= 11 is 0. The zero-order chi connectivity index (χ0) is 16.5. The van der Waals surface area contributed by atoms with Crippen LogP contribution in [0.3, 0.4) is 0 Å².